The summed E-state index contributed by atoms with van der Waals surface area (Å²) in [6, 6.07) is 5.37. The molecule has 4 N–H and O–H groups in total. The number of quaternary nitrogens is 1. The fourth-order valence-corrected chi connectivity index (χ4v) is 2.63. The fraction of sp³-hybridized carbons (Fsp3) is 0.571. The molecule has 1 aliphatic rings. The van der Waals surface area contributed by atoms with Crippen LogP contribution in [0.1, 0.15) is 19.3 Å². The van der Waals surface area contributed by atoms with Gasteiger partial charge in [-0.1, -0.05) is 0 Å². The first-order chi connectivity index (χ1) is 8.59. The summed E-state index contributed by atoms with van der Waals surface area (Å²) in [6.45, 7) is 4.50. The molecule has 2 rings (SSSR count). The number of nitrogens with two attached hydrogens (primary N) is 2. The first-order valence-electron chi connectivity index (χ1n) is 6.70. The lowest BCUT2D eigenvalue weighted by Crippen LogP contribution is -2.42. The smallest absolute Gasteiger partial charge is 0.144 e. The van der Waals surface area contributed by atoms with Crippen LogP contribution in [0.25, 0.3) is 0 Å². The van der Waals surface area contributed by atoms with Crippen LogP contribution in [0.3, 0.4) is 0 Å². The Bertz CT molecular complexity index is 400. The van der Waals surface area contributed by atoms with Crippen molar-refractivity contribution in [3.8, 4) is 5.75 Å². The third-order valence-corrected chi connectivity index (χ3v) is 3.78. The largest absolute Gasteiger partial charge is 0.491 e. The predicted octanol–water partition coefficient (Wildman–Crippen LogP) is 1.86. The lowest BCUT2D eigenvalue weighted by Gasteiger charge is -2.29. The average molecular weight is 250 g/mol. The van der Waals surface area contributed by atoms with Crippen molar-refractivity contribution in [2.75, 3.05) is 44.8 Å². The normalized spacial score (nSPS) is 17.8. The Morgan fingerprint density at radius 2 is 1.94 bits per heavy atom. The van der Waals surface area contributed by atoms with Crippen molar-refractivity contribution in [2.24, 2.45) is 0 Å². The second-order valence-electron chi connectivity index (χ2n) is 5.50. The van der Waals surface area contributed by atoms with E-state index in [1.165, 1.54) is 37.0 Å². The highest BCUT2D eigenvalue weighted by atomic mass is 16.5. The molecule has 1 aromatic rings. The molecule has 0 aromatic heterocycles. The minimum atomic E-state index is 0.658. The van der Waals surface area contributed by atoms with Gasteiger partial charge in [-0.25, -0.2) is 0 Å². The summed E-state index contributed by atoms with van der Waals surface area (Å²) in [7, 11) is 2.34. The van der Waals surface area contributed by atoms with Gasteiger partial charge in [-0.3, -0.25) is 0 Å². The van der Waals surface area contributed by atoms with Gasteiger partial charge >= 0.3 is 0 Å². The summed E-state index contributed by atoms with van der Waals surface area (Å²) in [5.41, 5.74) is 12.9. The van der Waals surface area contributed by atoms with Gasteiger partial charge in [-0.2, -0.15) is 0 Å². The zero-order valence-corrected chi connectivity index (χ0v) is 11.2. The zero-order chi connectivity index (χ0) is 13.0. The van der Waals surface area contributed by atoms with Gasteiger partial charge in [0.2, 0.25) is 0 Å². The number of nitrogen functional groups attached to an aromatic ring is 2. The Kier molecular flexibility index (Phi) is 3.97. The van der Waals surface area contributed by atoms with Gasteiger partial charge in [-0.15, -0.1) is 0 Å². The molecule has 0 atom stereocenters. The van der Waals surface area contributed by atoms with Gasteiger partial charge in [0.1, 0.15) is 5.75 Å². The van der Waals surface area contributed by atoms with Crippen molar-refractivity contribution < 1.29 is 9.22 Å². The zero-order valence-electron chi connectivity index (χ0n) is 11.2. The summed E-state index contributed by atoms with van der Waals surface area (Å²) in [6.07, 6.45) is 3.78. The maximum atomic E-state index is 5.84. The van der Waals surface area contributed by atoms with Crippen LogP contribution >= 0.6 is 0 Å². The van der Waals surface area contributed by atoms with Gasteiger partial charge in [0, 0.05) is 31.0 Å². The van der Waals surface area contributed by atoms with Crippen LogP contribution in [0, 0.1) is 0 Å². The Labute approximate surface area is 109 Å². The van der Waals surface area contributed by atoms with E-state index in [-0.39, 0.29) is 0 Å². The first kappa shape index (κ1) is 13.0. The minimum Gasteiger partial charge on any atom is -0.491 e. The van der Waals surface area contributed by atoms with E-state index in [0.29, 0.717) is 23.7 Å². The Morgan fingerprint density at radius 1 is 1.22 bits per heavy atom. The van der Waals surface area contributed by atoms with Gasteiger partial charge in [0.05, 0.1) is 39.0 Å². The molecule has 1 aromatic carbocycles. The van der Waals surface area contributed by atoms with Crippen LogP contribution in [0.5, 0.6) is 5.75 Å². The Morgan fingerprint density at radius 3 is 2.67 bits per heavy atom. The van der Waals surface area contributed by atoms with Crippen molar-refractivity contribution in [1.29, 1.82) is 0 Å². The third-order valence-electron chi connectivity index (χ3n) is 3.78. The maximum absolute atomic E-state index is 5.84. The molecule has 0 amide bonds. The summed E-state index contributed by atoms with van der Waals surface area (Å²) < 4.78 is 6.90. The number of ether oxygens (including phenoxy) is 1. The minimum absolute atomic E-state index is 0.658. The number of hydrogen-bond donors (Lipinski definition) is 2. The second-order valence-corrected chi connectivity index (χ2v) is 5.50. The van der Waals surface area contributed by atoms with Crippen LogP contribution in [0.4, 0.5) is 11.4 Å². The molecule has 1 saturated heterocycles. The molecular formula is C14H24N3O+. The number of benzene rings is 1. The summed E-state index contributed by atoms with van der Waals surface area (Å²) in [4.78, 5) is 0. The van der Waals surface area contributed by atoms with E-state index in [2.05, 4.69) is 7.05 Å². The van der Waals surface area contributed by atoms with E-state index in [1.807, 2.05) is 0 Å². The van der Waals surface area contributed by atoms with Gasteiger partial charge < -0.3 is 20.7 Å². The number of hydrogen-bond acceptors (Lipinski definition) is 3. The molecule has 1 heterocycles. The molecule has 0 radical (unpaired) electrons. The van der Waals surface area contributed by atoms with Crippen molar-refractivity contribution in [3.63, 3.8) is 0 Å². The highest BCUT2D eigenvalue weighted by molar-refractivity contribution is 5.59. The third kappa shape index (κ3) is 3.29. The molecule has 18 heavy (non-hydrogen) atoms. The van der Waals surface area contributed by atoms with E-state index in [4.69, 9.17) is 16.2 Å². The molecular weight excluding hydrogens is 226 g/mol. The van der Waals surface area contributed by atoms with Gasteiger partial charge in [0.15, 0.2) is 0 Å². The van der Waals surface area contributed by atoms with E-state index < -0.39 is 0 Å². The molecule has 1 aliphatic heterocycles. The number of nitrogens with zero attached hydrogens (tertiary/aromatic N) is 1. The lowest BCUT2D eigenvalue weighted by atomic mass is 10.2. The van der Waals surface area contributed by atoms with Crippen molar-refractivity contribution in [1.82, 2.24) is 0 Å². The number of rotatable bonds is 5. The van der Waals surface area contributed by atoms with E-state index in [1.54, 1.807) is 18.2 Å². The van der Waals surface area contributed by atoms with Gasteiger partial charge in [0.25, 0.3) is 0 Å². The highest BCUT2D eigenvalue weighted by Crippen LogP contribution is 2.24. The molecule has 0 spiro atoms. The SMILES string of the molecule is C[N+]1(CCCOc2cc(N)ccc2N)CCCC1. The van der Waals surface area contributed by atoms with Crippen molar-refractivity contribution >= 4 is 11.4 Å². The molecule has 0 unspecified atom stereocenters. The Balaban J connectivity index is 1.76. The number of likely N-dealkylation sites (tertiary alicyclic amines) is 1. The predicted molar refractivity (Wildman–Crippen MR) is 75.4 cm³/mol. The van der Waals surface area contributed by atoms with E-state index >= 15 is 0 Å². The quantitative estimate of drug-likeness (QED) is 0.476. The monoisotopic (exact) mass is 250 g/mol. The topological polar surface area (TPSA) is 61.3 Å². The summed E-state index contributed by atoms with van der Waals surface area (Å²) >= 11 is 0. The first-order valence-corrected chi connectivity index (χ1v) is 6.70. The van der Waals surface area contributed by atoms with Crippen LogP contribution < -0.4 is 16.2 Å². The molecule has 0 aliphatic carbocycles. The molecule has 4 heteroatoms. The van der Waals surface area contributed by atoms with E-state index in [9.17, 15) is 0 Å². The molecule has 0 saturated carbocycles. The highest BCUT2D eigenvalue weighted by Gasteiger charge is 2.25. The van der Waals surface area contributed by atoms with Crippen LogP contribution in [-0.2, 0) is 0 Å². The molecule has 4 nitrogen and oxygen atoms in total. The standard InChI is InChI=1S/C14H24N3O/c1-17(7-2-3-8-17)9-4-10-18-14-11-12(15)5-6-13(14)16/h5-6,11H,2-4,7-10,15-16H2,1H3/q+1. The summed E-state index contributed by atoms with van der Waals surface area (Å²) in [5.74, 6) is 0.707. The van der Waals surface area contributed by atoms with Gasteiger partial charge in [-0.05, 0) is 12.1 Å². The maximum Gasteiger partial charge on any atom is 0.144 e. The summed E-state index contributed by atoms with van der Waals surface area (Å²) in [5, 5.41) is 0. The van der Waals surface area contributed by atoms with Crippen LogP contribution in [0.15, 0.2) is 18.2 Å². The van der Waals surface area contributed by atoms with Crippen molar-refractivity contribution in [2.45, 2.75) is 19.3 Å². The molecule has 100 valence electrons. The van der Waals surface area contributed by atoms with Crippen LogP contribution in [0.2, 0.25) is 0 Å². The lowest BCUT2D eigenvalue weighted by molar-refractivity contribution is -0.897. The fourth-order valence-electron chi connectivity index (χ4n) is 2.63. The van der Waals surface area contributed by atoms with Crippen LogP contribution in [-0.4, -0.2) is 37.8 Å². The molecule has 0 bridgehead atoms. The van der Waals surface area contributed by atoms with E-state index in [0.717, 1.165) is 6.42 Å². The second kappa shape index (κ2) is 5.48. The molecule has 1 fully saturated rings. The number of anilines is 2. The van der Waals surface area contributed by atoms with Crippen molar-refractivity contribution in [3.05, 3.63) is 18.2 Å². The Hall–Kier alpha value is -1.42. The average Bonchev–Trinajstić information content (AvgIpc) is 2.76.